The van der Waals surface area contributed by atoms with Crippen LogP contribution in [0.5, 0.6) is 0 Å². The topological polar surface area (TPSA) is 67.4 Å². The SMILES string of the molecule is CNC(=O)CNCC(=O)OC(C)C. The lowest BCUT2D eigenvalue weighted by Crippen LogP contribution is -2.35. The first-order chi connectivity index (χ1) is 6.06. The zero-order valence-corrected chi connectivity index (χ0v) is 8.22. The molecular weight excluding hydrogens is 172 g/mol. The molecule has 0 heterocycles. The number of esters is 1. The van der Waals surface area contributed by atoms with Gasteiger partial charge in [0.05, 0.1) is 19.2 Å². The first-order valence-electron chi connectivity index (χ1n) is 4.17. The van der Waals surface area contributed by atoms with E-state index in [1.54, 1.807) is 13.8 Å². The monoisotopic (exact) mass is 188 g/mol. The molecule has 0 fully saturated rings. The van der Waals surface area contributed by atoms with Crippen LogP contribution in [0.25, 0.3) is 0 Å². The number of carbonyl (C=O) groups excluding carboxylic acids is 2. The van der Waals surface area contributed by atoms with Gasteiger partial charge in [-0.25, -0.2) is 0 Å². The fourth-order valence-electron chi connectivity index (χ4n) is 0.671. The summed E-state index contributed by atoms with van der Waals surface area (Å²) >= 11 is 0. The summed E-state index contributed by atoms with van der Waals surface area (Å²) in [6.07, 6.45) is -0.116. The number of carbonyl (C=O) groups is 2. The minimum atomic E-state index is -0.348. The summed E-state index contributed by atoms with van der Waals surface area (Å²) in [6.45, 7) is 3.74. The molecule has 0 aliphatic rings. The van der Waals surface area contributed by atoms with Crippen LogP contribution in [0.1, 0.15) is 13.8 Å². The predicted octanol–water partition coefficient (Wildman–Crippen LogP) is -0.726. The minimum absolute atomic E-state index is 0.0611. The van der Waals surface area contributed by atoms with Gasteiger partial charge in [0.25, 0.3) is 0 Å². The zero-order valence-electron chi connectivity index (χ0n) is 8.22. The van der Waals surface area contributed by atoms with E-state index < -0.39 is 0 Å². The van der Waals surface area contributed by atoms with Gasteiger partial charge in [-0.05, 0) is 13.8 Å². The summed E-state index contributed by atoms with van der Waals surface area (Å²) in [4.78, 5) is 21.6. The third-order valence-electron chi connectivity index (χ3n) is 1.20. The molecule has 0 spiro atoms. The smallest absolute Gasteiger partial charge is 0.320 e. The van der Waals surface area contributed by atoms with Gasteiger partial charge in [-0.3, -0.25) is 14.9 Å². The molecule has 13 heavy (non-hydrogen) atoms. The molecule has 76 valence electrons. The average molecular weight is 188 g/mol. The molecule has 1 amide bonds. The molecule has 2 N–H and O–H groups in total. The number of amides is 1. The van der Waals surface area contributed by atoms with E-state index in [4.69, 9.17) is 4.74 Å². The third-order valence-corrected chi connectivity index (χ3v) is 1.20. The third kappa shape index (κ3) is 7.27. The average Bonchev–Trinajstić information content (AvgIpc) is 2.02. The maximum Gasteiger partial charge on any atom is 0.320 e. The van der Waals surface area contributed by atoms with E-state index in [2.05, 4.69) is 10.6 Å². The second kappa shape index (κ2) is 6.42. The lowest BCUT2D eigenvalue weighted by atomic mass is 10.5. The van der Waals surface area contributed by atoms with Crippen LogP contribution >= 0.6 is 0 Å². The standard InChI is InChI=1S/C8H16N2O3/c1-6(2)13-8(12)5-10-4-7(11)9-3/h6,10H,4-5H2,1-3H3,(H,9,11). The van der Waals surface area contributed by atoms with Crippen LogP contribution in [-0.4, -0.2) is 38.1 Å². The van der Waals surface area contributed by atoms with Gasteiger partial charge in [-0.2, -0.15) is 0 Å². The Bertz CT molecular complexity index is 180. The molecule has 0 aromatic heterocycles. The Labute approximate surface area is 77.8 Å². The Morgan fingerprint density at radius 3 is 2.38 bits per heavy atom. The van der Waals surface area contributed by atoms with E-state index in [0.717, 1.165) is 0 Å². The lowest BCUT2D eigenvalue weighted by molar-refractivity contribution is -0.146. The van der Waals surface area contributed by atoms with Crippen molar-refractivity contribution in [1.29, 1.82) is 0 Å². The zero-order chi connectivity index (χ0) is 10.3. The van der Waals surface area contributed by atoms with Gasteiger partial charge in [-0.15, -0.1) is 0 Å². The van der Waals surface area contributed by atoms with Gasteiger partial charge in [0.1, 0.15) is 0 Å². The maximum absolute atomic E-state index is 10.9. The molecule has 0 rings (SSSR count). The number of hydrogen-bond acceptors (Lipinski definition) is 4. The Hall–Kier alpha value is -1.10. The van der Waals surface area contributed by atoms with Gasteiger partial charge >= 0.3 is 5.97 Å². The molecule has 5 nitrogen and oxygen atoms in total. The molecule has 0 unspecified atom stereocenters. The largest absolute Gasteiger partial charge is 0.462 e. The molecule has 0 bridgehead atoms. The predicted molar refractivity (Wildman–Crippen MR) is 48.2 cm³/mol. The van der Waals surface area contributed by atoms with Gasteiger partial charge in [0, 0.05) is 7.05 Å². The maximum atomic E-state index is 10.9. The van der Waals surface area contributed by atoms with Crippen molar-refractivity contribution in [2.24, 2.45) is 0 Å². The first kappa shape index (κ1) is 11.9. The highest BCUT2D eigenvalue weighted by Gasteiger charge is 2.05. The number of likely N-dealkylation sites (N-methyl/N-ethyl adjacent to an activating group) is 1. The van der Waals surface area contributed by atoms with Crippen molar-refractivity contribution in [2.75, 3.05) is 20.1 Å². The van der Waals surface area contributed by atoms with Crippen LogP contribution in [0.4, 0.5) is 0 Å². The van der Waals surface area contributed by atoms with Crippen molar-refractivity contribution >= 4 is 11.9 Å². The Balaban J connectivity index is 3.42. The summed E-state index contributed by atoms with van der Waals surface area (Å²) in [7, 11) is 1.54. The van der Waals surface area contributed by atoms with E-state index in [1.807, 2.05) is 0 Å². The molecular formula is C8H16N2O3. The van der Waals surface area contributed by atoms with E-state index in [0.29, 0.717) is 0 Å². The minimum Gasteiger partial charge on any atom is -0.462 e. The van der Waals surface area contributed by atoms with Gasteiger partial charge < -0.3 is 10.1 Å². The van der Waals surface area contributed by atoms with Crippen LogP contribution < -0.4 is 10.6 Å². The lowest BCUT2D eigenvalue weighted by Gasteiger charge is -2.07. The molecule has 0 aromatic carbocycles. The van der Waals surface area contributed by atoms with E-state index in [-0.39, 0.29) is 31.1 Å². The van der Waals surface area contributed by atoms with Gasteiger partial charge in [0.15, 0.2) is 0 Å². The second-order valence-corrected chi connectivity index (χ2v) is 2.82. The van der Waals surface area contributed by atoms with E-state index in [1.165, 1.54) is 7.05 Å². The van der Waals surface area contributed by atoms with Crippen molar-refractivity contribution < 1.29 is 14.3 Å². The number of ether oxygens (including phenoxy) is 1. The summed E-state index contributed by atoms with van der Waals surface area (Å²) in [6, 6.07) is 0. The van der Waals surface area contributed by atoms with Crippen LogP contribution in [0, 0.1) is 0 Å². The van der Waals surface area contributed by atoms with Gasteiger partial charge in [-0.1, -0.05) is 0 Å². The van der Waals surface area contributed by atoms with Crippen LogP contribution in [0.2, 0.25) is 0 Å². The molecule has 0 aliphatic heterocycles. The molecule has 0 aliphatic carbocycles. The normalized spacial score (nSPS) is 9.85. The highest BCUT2D eigenvalue weighted by Crippen LogP contribution is 1.86. The highest BCUT2D eigenvalue weighted by atomic mass is 16.5. The van der Waals surface area contributed by atoms with Crippen molar-refractivity contribution in [3.05, 3.63) is 0 Å². The molecule has 0 saturated heterocycles. The van der Waals surface area contributed by atoms with E-state index >= 15 is 0 Å². The van der Waals surface area contributed by atoms with Crippen molar-refractivity contribution in [3.8, 4) is 0 Å². The first-order valence-corrected chi connectivity index (χ1v) is 4.17. The van der Waals surface area contributed by atoms with Gasteiger partial charge in [0.2, 0.25) is 5.91 Å². The molecule has 0 saturated carbocycles. The molecule has 5 heteroatoms. The van der Waals surface area contributed by atoms with E-state index in [9.17, 15) is 9.59 Å². The highest BCUT2D eigenvalue weighted by molar-refractivity contribution is 5.78. The molecule has 0 aromatic rings. The van der Waals surface area contributed by atoms with Crippen molar-refractivity contribution in [3.63, 3.8) is 0 Å². The summed E-state index contributed by atoms with van der Waals surface area (Å²) in [5.41, 5.74) is 0. The number of rotatable bonds is 5. The van der Waals surface area contributed by atoms with Crippen LogP contribution in [0.15, 0.2) is 0 Å². The fourth-order valence-corrected chi connectivity index (χ4v) is 0.671. The molecule has 0 atom stereocenters. The summed E-state index contributed by atoms with van der Waals surface area (Å²) in [5, 5.41) is 5.08. The Morgan fingerprint density at radius 1 is 1.31 bits per heavy atom. The van der Waals surface area contributed by atoms with Crippen LogP contribution in [0.3, 0.4) is 0 Å². The van der Waals surface area contributed by atoms with Crippen molar-refractivity contribution in [2.45, 2.75) is 20.0 Å². The Kier molecular flexibility index (Phi) is 5.88. The fraction of sp³-hybridized carbons (Fsp3) is 0.750. The van der Waals surface area contributed by atoms with Crippen molar-refractivity contribution in [1.82, 2.24) is 10.6 Å². The Morgan fingerprint density at radius 2 is 1.92 bits per heavy atom. The number of hydrogen-bond donors (Lipinski definition) is 2. The second-order valence-electron chi connectivity index (χ2n) is 2.82. The summed E-state index contributed by atoms with van der Waals surface area (Å²) < 4.78 is 4.83. The van der Waals surface area contributed by atoms with Crippen LogP contribution in [-0.2, 0) is 14.3 Å². The summed E-state index contributed by atoms with van der Waals surface area (Å²) in [5.74, 6) is -0.503. The quantitative estimate of drug-likeness (QED) is 0.558. The number of nitrogens with one attached hydrogen (secondary N) is 2. The molecule has 0 radical (unpaired) electrons.